The van der Waals surface area contributed by atoms with Gasteiger partial charge >= 0.3 is 0 Å². The molecule has 1 rings (SSSR count). The summed E-state index contributed by atoms with van der Waals surface area (Å²) in [6, 6.07) is 8.31. The molecule has 1 aromatic rings. The monoisotopic (exact) mass is 152 g/mol. The highest BCUT2D eigenvalue weighted by molar-refractivity contribution is 5.29. The molecule has 0 fully saturated rings. The van der Waals surface area contributed by atoms with Crippen molar-refractivity contribution < 1.29 is 10.5 Å². The first kappa shape index (κ1) is 8.08. The first-order valence-corrected chi connectivity index (χ1v) is 3.71. The molecule has 0 heterocycles. The lowest BCUT2D eigenvalue weighted by atomic mass is 10.1. The van der Waals surface area contributed by atoms with E-state index in [4.69, 9.17) is 4.74 Å². The molecule has 2 nitrogen and oxygen atoms in total. The predicted octanol–water partition coefficient (Wildman–Crippen LogP) is 0.998. The number of hydrogen-bond acceptors (Lipinski definition) is 1. The molecule has 1 aromatic carbocycles. The first-order chi connectivity index (χ1) is 5.24. The van der Waals surface area contributed by atoms with E-state index in [1.54, 1.807) is 7.11 Å². The van der Waals surface area contributed by atoms with E-state index in [2.05, 4.69) is 18.7 Å². The molecule has 0 aliphatic heterocycles. The van der Waals surface area contributed by atoms with Gasteiger partial charge < -0.3 is 10.5 Å². The lowest BCUT2D eigenvalue weighted by Crippen LogP contribution is -2.51. The number of rotatable bonds is 2. The summed E-state index contributed by atoms with van der Waals surface area (Å²) in [5.41, 5.74) is 5.14. The van der Waals surface area contributed by atoms with E-state index in [9.17, 15) is 0 Å². The maximum Gasteiger partial charge on any atom is 0.119 e. The Labute approximate surface area is 67.0 Å². The van der Waals surface area contributed by atoms with E-state index in [0.717, 1.165) is 5.75 Å². The van der Waals surface area contributed by atoms with Crippen molar-refractivity contribution in [2.75, 3.05) is 7.11 Å². The van der Waals surface area contributed by atoms with Gasteiger partial charge in [-0.15, -0.1) is 0 Å². The van der Waals surface area contributed by atoms with Crippen LogP contribution >= 0.6 is 0 Å². The molecule has 0 aromatic heterocycles. The van der Waals surface area contributed by atoms with Crippen molar-refractivity contribution in [2.24, 2.45) is 0 Å². The van der Waals surface area contributed by atoms with Crippen LogP contribution in [0.5, 0.6) is 5.75 Å². The van der Waals surface area contributed by atoms with Crippen LogP contribution in [0, 0.1) is 0 Å². The fourth-order valence-corrected chi connectivity index (χ4v) is 0.948. The van der Waals surface area contributed by atoms with Crippen LogP contribution in [0.2, 0.25) is 0 Å². The second-order valence-electron chi connectivity index (χ2n) is 2.68. The topological polar surface area (TPSA) is 36.9 Å². The molecule has 3 N–H and O–H groups in total. The Morgan fingerprint density at radius 2 is 2.18 bits per heavy atom. The number of methoxy groups -OCH3 is 1. The van der Waals surface area contributed by atoms with Crippen LogP contribution in [0.4, 0.5) is 0 Å². The fourth-order valence-electron chi connectivity index (χ4n) is 0.948. The predicted molar refractivity (Wildman–Crippen MR) is 44.3 cm³/mol. The van der Waals surface area contributed by atoms with Gasteiger partial charge in [-0.3, -0.25) is 0 Å². The van der Waals surface area contributed by atoms with Gasteiger partial charge in [0.05, 0.1) is 7.11 Å². The van der Waals surface area contributed by atoms with E-state index in [1.165, 1.54) is 5.56 Å². The van der Waals surface area contributed by atoms with Gasteiger partial charge in [0.2, 0.25) is 0 Å². The van der Waals surface area contributed by atoms with Crippen LogP contribution < -0.4 is 10.5 Å². The van der Waals surface area contributed by atoms with E-state index in [-0.39, 0.29) is 0 Å². The molecular formula is C9H14NO+. The van der Waals surface area contributed by atoms with Gasteiger partial charge in [-0.1, -0.05) is 12.1 Å². The van der Waals surface area contributed by atoms with Crippen LogP contribution in [0.3, 0.4) is 0 Å². The summed E-state index contributed by atoms with van der Waals surface area (Å²) in [7, 11) is 1.67. The Morgan fingerprint density at radius 1 is 1.45 bits per heavy atom. The zero-order valence-corrected chi connectivity index (χ0v) is 7.00. The van der Waals surface area contributed by atoms with Crippen molar-refractivity contribution in [1.29, 1.82) is 0 Å². The average Bonchev–Trinajstić information content (AvgIpc) is 2.05. The van der Waals surface area contributed by atoms with Crippen LogP contribution in [-0.4, -0.2) is 7.11 Å². The van der Waals surface area contributed by atoms with Crippen LogP contribution in [0.1, 0.15) is 18.5 Å². The third-order valence-corrected chi connectivity index (χ3v) is 1.66. The molecular weight excluding hydrogens is 138 g/mol. The van der Waals surface area contributed by atoms with E-state index in [0.29, 0.717) is 6.04 Å². The third-order valence-electron chi connectivity index (χ3n) is 1.66. The summed E-state index contributed by atoms with van der Waals surface area (Å²) < 4.78 is 5.08. The maximum atomic E-state index is 5.08. The molecule has 0 spiro atoms. The second kappa shape index (κ2) is 3.39. The van der Waals surface area contributed by atoms with Gasteiger partial charge in [-0.05, 0) is 19.1 Å². The van der Waals surface area contributed by atoms with E-state index in [1.807, 2.05) is 18.2 Å². The van der Waals surface area contributed by atoms with Gasteiger partial charge in [0.15, 0.2) is 0 Å². The molecule has 2 heteroatoms. The Bertz CT molecular complexity index is 233. The molecule has 1 atom stereocenters. The fraction of sp³-hybridized carbons (Fsp3) is 0.333. The molecule has 0 bridgehead atoms. The minimum atomic E-state index is 0.324. The number of quaternary nitrogens is 1. The Hall–Kier alpha value is -1.02. The van der Waals surface area contributed by atoms with Crippen LogP contribution in [-0.2, 0) is 0 Å². The molecule has 11 heavy (non-hydrogen) atoms. The molecule has 0 aliphatic carbocycles. The molecule has 0 unspecified atom stereocenters. The van der Waals surface area contributed by atoms with Crippen molar-refractivity contribution in [3.63, 3.8) is 0 Å². The Kier molecular flexibility index (Phi) is 2.49. The third kappa shape index (κ3) is 1.95. The normalized spacial score (nSPS) is 12.6. The van der Waals surface area contributed by atoms with E-state index < -0.39 is 0 Å². The zero-order chi connectivity index (χ0) is 8.27. The second-order valence-corrected chi connectivity index (χ2v) is 2.68. The highest BCUT2D eigenvalue weighted by Crippen LogP contribution is 2.15. The van der Waals surface area contributed by atoms with Crippen LogP contribution in [0.15, 0.2) is 24.3 Å². The summed E-state index contributed by atoms with van der Waals surface area (Å²) >= 11 is 0. The van der Waals surface area contributed by atoms with Crippen molar-refractivity contribution in [3.8, 4) is 5.75 Å². The lowest BCUT2D eigenvalue weighted by Gasteiger charge is -2.04. The summed E-state index contributed by atoms with van der Waals surface area (Å²) in [6.07, 6.45) is 0. The molecule has 0 saturated heterocycles. The lowest BCUT2D eigenvalue weighted by molar-refractivity contribution is -0.420. The molecule has 60 valence electrons. The maximum absolute atomic E-state index is 5.08. The molecule has 0 radical (unpaired) electrons. The largest absolute Gasteiger partial charge is 0.497 e. The average molecular weight is 152 g/mol. The Balaban J connectivity index is 2.91. The summed E-state index contributed by atoms with van der Waals surface area (Å²) in [5, 5.41) is 0. The summed E-state index contributed by atoms with van der Waals surface area (Å²) in [6.45, 7) is 2.06. The smallest absolute Gasteiger partial charge is 0.119 e. The van der Waals surface area contributed by atoms with Gasteiger partial charge in [0.1, 0.15) is 11.8 Å². The SMILES string of the molecule is COc1cccc([C@@H](C)[NH3+])c1. The summed E-state index contributed by atoms with van der Waals surface area (Å²) in [5.74, 6) is 0.901. The molecule has 0 amide bonds. The van der Waals surface area contributed by atoms with Gasteiger partial charge in [0.25, 0.3) is 0 Å². The Morgan fingerprint density at radius 3 is 2.73 bits per heavy atom. The standard InChI is InChI=1S/C9H13NO/c1-7(10)8-4-3-5-9(6-8)11-2/h3-7H,10H2,1-2H3/p+1/t7-/m1/s1. The number of ether oxygens (including phenoxy) is 1. The van der Waals surface area contributed by atoms with Crippen molar-refractivity contribution in [3.05, 3.63) is 29.8 Å². The highest BCUT2D eigenvalue weighted by Gasteiger charge is 2.01. The summed E-state index contributed by atoms with van der Waals surface area (Å²) in [4.78, 5) is 0. The van der Waals surface area contributed by atoms with Crippen molar-refractivity contribution in [2.45, 2.75) is 13.0 Å². The van der Waals surface area contributed by atoms with E-state index >= 15 is 0 Å². The number of benzene rings is 1. The van der Waals surface area contributed by atoms with Gasteiger partial charge in [0, 0.05) is 5.56 Å². The number of hydrogen-bond donors (Lipinski definition) is 1. The quantitative estimate of drug-likeness (QED) is 0.674. The molecule has 0 saturated carbocycles. The zero-order valence-electron chi connectivity index (χ0n) is 7.00. The minimum Gasteiger partial charge on any atom is -0.497 e. The van der Waals surface area contributed by atoms with Crippen molar-refractivity contribution >= 4 is 0 Å². The van der Waals surface area contributed by atoms with Gasteiger partial charge in [-0.2, -0.15) is 0 Å². The molecule has 0 aliphatic rings. The highest BCUT2D eigenvalue weighted by atomic mass is 16.5. The van der Waals surface area contributed by atoms with Gasteiger partial charge in [-0.25, -0.2) is 0 Å². The first-order valence-electron chi connectivity index (χ1n) is 3.71. The van der Waals surface area contributed by atoms with Crippen molar-refractivity contribution in [1.82, 2.24) is 0 Å². The minimum absolute atomic E-state index is 0.324. The van der Waals surface area contributed by atoms with Crippen LogP contribution in [0.25, 0.3) is 0 Å².